The normalized spacial score (nSPS) is 11.4. The molecule has 8 nitrogen and oxygen atoms in total. The predicted molar refractivity (Wildman–Crippen MR) is 108 cm³/mol. The van der Waals surface area contributed by atoms with Crippen molar-refractivity contribution in [2.45, 2.75) is 13.8 Å². The number of carbonyl (C=O) groups excluding carboxylic acids is 1. The third kappa shape index (κ3) is 4.44. The van der Waals surface area contributed by atoms with Crippen LogP contribution in [-0.4, -0.2) is 26.5 Å². The maximum atomic E-state index is 14.1. The van der Waals surface area contributed by atoms with Crippen LogP contribution in [0.1, 0.15) is 21.7 Å². The van der Waals surface area contributed by atoms with Crippen molar-refractivity contribution in [3.63, 3.8) is 0 Å². The van der Waals surface area contributed by atoms with Crippen LogP contribution in [-0.2, 0) is 10.3 Å². The molecule has 30 heavy (non-hydrogen) atoms. The Labute approximate surface area is 172 Å². The van der Waals surface area contributed by atoms with Crippen molar-refractivity contribution in [3.8, 4) is 22.8 Å². The highest BCUT2D eigenvalue weighted by atomic mass is 32.2. The highest BCUT2D eigenvalue weighted by Gasteiger charge is 2.20. The molecule has 3 aromatic rings. The molecule has 0 saturated heterocycles. The minimum absolute atomic E-state index is 0.0150. The Hall–Kier alpha value is -3.37. The van der Waals surface area contributed by atoms with Crippen LogP contribution in [0.4, 0.5) is 10.1 Å². The monoisotopic (exact) mass is 434 g/mol. The molecule has 1 amide bonds. The van der Waals surface area contributed by atoms with Crippen molar-refractivity contribution >= 4 is 21.9 Å². The molecule has 1 aromatic heterocycles. The van der Waals surface area contributed by atoms with Crippen molar-refractivity contribution in [2.75, 3.05) is 11.9 Å². The smallest absolute Gasteiger partial charge is 0.380 e. The fraction of sp³-hybridized carbons (Fsp3) is 0.150. The topological polar surface area (TPSA) is 123 Å². The minimum atomic E-state index is -4.38. The fourth-order valence-electron chi connectivity index (χ4n) is 2.88. The lowest BCUT2D eigenvalue weighted by atomic mass is 10.0. The lowest BCUT2D eigenvalue weighted by Gasteiger charge is -2.16. The van der Waals surface area contributed by atoms with Crippen LogP contribution in [0.3, 0.4) is 0 Å². The van der Waals surface area contributed by atoms with Crippen LogP contribution >= 0.6 is 0 Å². The number of hydrogen-bond donors (Lipinski definition) is 2. The second kappa shape index (κ2) is 7.81. The highest BCUT2D eigenvalue weighted by Crippen LogP contribution is 2.31. The van der Waals surface area contributed by atoms with Gasteiger partial charge in [-0.2, -0.15) is 13.6 Å². The predicted octanol–water partition coefficient (Wildman–Crippen LogP) is 3.27. The van der Waals surface area contributed by atoms with Crippen LogP contribution in [0.15, 0.2) is 46.9 Å². The van der Waals surface area contributed by atoms with E-state index < -0.39 is 27.8 Å². The van der Waals surface area contributed by atoms with E-state index in [0.29, 0.717) is 22.5 Å². The molecule has 0 radical (unpaired) electrons. The molecule has 0 saturated carbocycles. The Kier molecular flexibility index (Phi) is 5.55. The quantitative estimate of drug-likeness (QED) is 0.635. The molecule has 0 fully saturated rings. The summed E-state index contributed by atoms with van der Waals surface area (Å²) in [6.07, 6.45) is 0. The average molecular weight is 434 g/mol. The second-order valence-corrected chi connectivity index (χ2v) is 7.83. The summed E-state index contributed by atoms with van der Waals surface area (Å²) in [5, 5.41) is 14.6. The number of anilines is 1. The van der Waals surface area contributed by atoms with Gasteiger partial charge >= 0.3 is 10.3 Å². The number of phenols is 1. The zero-order chi connectivity index (χ0) is 22.2. The standard InChI is InChI=1S/C20H19FN2O6S/c1-11-8-13(9-12(2)19(11)24)16-6-7-18(28-16)20(25)23(3)14-4-5-17(15(21)10-14)29-30(22,26)27/h4-10,24H,1-3H3,(H2,22,26,27). The first-order chi connectivity index (χ1) is 14.0. The maximum absolute atomic E-state index is 14.1. The molecule has 0 aliphatic rings. The SMILES string of the molecule is Cc1cc(-c2ccc(C(=O)N(C)c3ccc(OS(N)(=O)=O)c(F)c3)o2)cc(C)c1O. The average Bonchev–Trinajstić information content (AvgIpc) is 3.15. The van der Waals surface area contributed by atoms with E-state index in [9.17, 15) is 22.7 Å². The molecule has 3 rings (SSSR count). The number of amides is 1. The first kappa shape index (κ1) is 21.3. The van der Waals surface area contributed by atoms with E-state index in [2.05, 4.69) is 4.18 Å². The Bertz CT molecular complexity index is 1210. The Balaban J connectivity index is 1.85. The Morgan fingerprint density at radius 1 is 1.13 bits per heavy atom. The molecule has 158 valence electrons. The number of phenolic OH excluding ortho intramolecular Hbond substituents is 1. The van der Waals surface area contributed by atoms with Gasteiger partial charge in [0.25, 0.3) is 5.91 Å². The summed E-state index contributed by atoms with van der Waals surface area (Å²) in [5.74, 6) is -1.50. The summed E-state index contributed by atoms with van der Waals surface area (Å²) in [7, 11) is -2.96. The number of rotatable bonds is 5. The van der Waals surface area contributed by atoms with Gasteiger partial charge < -0.3 is 18.6 Å². The largest absolute Gasteiger partial charge is 0.507 e. The number of halogens is 1. The van der Waals surface area contributed by atoms with Gasteiger partial charge in [0.1, 0.15) is 11.5 Å². The Morgan fingerprint density at radius 2 is 1.77 bits per heavy atom. The third-order valence-corrected chi connectivity index (χ3v) is 4.82. The van der Waals surface area contributed by atoms with Crippen LogP contribution < -0.4 is 14.2 Å². The minimum Gasteiger partial charge on any atom is -0.507 e. The van der Waals surface area contributed by atoms with Gasteiger partial charge in [0.2, 0.25) is 0 Å². The molecule has 0 aliphatic carbocycles. The summed E-state index contributed by atoms with van der Waals surface area (Å²) in [6, 6.07) is 9.87. The van der Waals surface area contributed by atoms with Gasteiger partial charge in [-0.25, -0.2) is 4.39 Å². The number of aryl methyl sites for hydroxylation is 2. The van der Waals surface area contributed by atoms with E-state index in [-0.39, 0.29) is 17.2 Å². The van der Waals surface area contributed by atoms with Gasteiger partial charge in [0.15, 0.2) is 17.3 Å². The second-order valence-electron chi connectivity index (χ2n) is 6.68. The van der Waals surface area contributed by atoms with Gasteiger partial charge in [0.05, 0.1) is 0 Å². The van der Waals surface area contributed by atoms with Gasteiger partial charge in [-0.05, 0) is 61.4 Å². The molecule has 2 aromatic carbocycles. The number of carbonyl (C=O) groups is 1. The lowest BCUT2D eigenvalue weighted by molar-refractivity contribution is 0.0967. The first-order valence-corrected chi connectivity index (χ1v) is 10.1. The molecule has 0 bridgehead atoms. The van der Waals surface area contributed by atoms with Gasteiger partial charge in [-0.1, -0.05) is 0 Å². The van der Waals surface area contributed by atoms with Crippen LogP contribution in [0.2, 0.25) is 0 Å². The highest BCUT2D eigenvalue weighted by molar-refractivity contribution is 7.84. The van der Waals surface area contributed by atoms with Crippen molar-refractivity contribution < 1.29 is 31.3 Å². The van der Waals surface area contributed by atoms with Gasteiger partial charge in [-0.3, -0.25) is 4.79 Å². The van der Waals surface area contributed by atoms with Crippen molar-refractivity contribution in [2.24, 2.45) is 5.14 Å². The van der Waals surface area contributed by atoms with Crippen LogP contribution in [0.5, 0.6) is 11.5 Å². The number of furan rings is 1. The molecular weight excluding hydrogens is 415 g/mol. The molecule has 0 spiro atoms. The summed E-state index contributed by atoms with van der Waals surface area (Å²) >= 11 is 0. The Morgan fingerprint density at radius 3 is 2.33 bits per heavy atom. The molecule has 1 heterocycles. The maximum Gasteiger partial charge on any atom is 0.380 e. The lowest BCUT2D eigenvalue weighted by Crippen LogP contribution is -2.26. The number of aromatic hydroxyl groups is 1. The van der Waals surface area contributed by atoms with Crippen LogP contribution in [0, 0.1) is 19.7 Å². The van der Waals surface area contributed by atoms with E-state index in [1.807, 2.05) is 0 Å². The molecular formula is C20H19FN2O6S. The van der Waals surface area contributed by atoms with E-state index in [0.717, 1.165) is 17.0 Å². The third-order valence-electron chi connectivity index (χ3n) is 4.41. The molecule has 0 atom stereocenters. The number of nitrogens with two attached hydrogens (primary N) is 1. The molecule has 0 aliphatic heterocycles. The molecule has 10 heteroatoms. The summed E-state index contributed by atoms with van der Waals surface area (Å²) in [6.45, 7) is 3.51. The van der Waals surface area contributed by atoms with E-state index in [1.165, 1.54) is 19.2 Å². The number of hydrogen-bond acceptors (Lipinski definition) is 6. The fourth-order valence-corrected chi connectivity index (χ4v) is 3.27. The zero-order valence-corrected chi connectivity index (χ0v) is 17.2. The zero-order valence-electron chi connectivity index (χ0n) is 16.3. The van der Waals surface area contributed by atoms with E-state index in [4.69, 9.17) is 9.56 Å². The van der Waals surface area contributed by atoms with Crippen molar-refractivity contribution in [1.29, 1.82) is 0 Å². The molecule has 0 unspecified atom stereocenters. The van der Waals surface area contributed by atoms with Crippen molar-refractivity contribution in [3.05, 3.63) is 65.2 Å². The van der Waals surface area contributed by atoms with E-state index >= 15 is 0 Å². The first-order valence-electron chi connectivity index (χ1n) is 8.66. The number of benzene rings is 2. The molecule has 3 N–H and O–H groups in total. The van der Waals surface area contributed by atoms with E-state index in [1.54, 1.807) is 32.0 Å². The van der Waals surface area contributed by atoms with Gasteiger partial charge in [-0.15, -0.1) is 0 Å². The van der Waals surface area contributed by atoms with Crippen LogP contribution in [0.25, 0.3) is 11.3 Å². The number of nitrogens with zero attached hydrogens (tertiary/aromatic N) is 1. The summed E-state index contributed by atoms with van der Waals surface area (Å²) < 4.78 is 46.0. The summed E-state index contributed by atoms with van der Waals surface area (Å²) in [5.41, 5.74) is 2.18. The van der Waals surface area contributed by atoms with Gasteiger partial charge in [0, 0.05) is 24.4 Å². The van der Waals surface area contributed by atoms with Crippen molar-refractivity contribution in [1.82, 2.24) is 0 Å². The summed E-state index contributed by atoms with van der Waals surface area (Å²) in [4.78, 5) is 13.9.